The number of amides is 1. The van der Waals surface area contributed by atoms with Crippen molar-refractivity contribution in [3.05, 3.63) is 72.1 Å². The lowest BCUT2D eigenvalue weighted by Gasteiger charge is -2.36. The van der Waals surface area contributed by atoms with E-state index in [1.165, 1.54) is 5.56 Å². The van der Waals surface area contributed by atoms with Crippen LogP contribution in [0.5, 0.6) is 5.75 Å². The van der Waals surface area contributed by atoms with Crippen LogP contribution in [0.2, 0.25) is 0 Å². The minimum Gasteiger partial charge on any atom is -0.487 e. The molecular weight excluding hydrogens is 502 g/mol. The number of hydrogen-bond donors (Lipinski definition) is 1. The Balaban J connectivity index is 1.18. The SMILES string of the molecule is C[C@@H]1CN(c2cccc(-c3ccc4cnc(CC(=O)Nc5ccc6c(c5)OC(C)(C)CC6)cc4n3)n2)C[C@H](C)O1. The molecule has 1 fully saturated rings. The van der Waals surface area contributed by atoms with Crippen molar-refractivity contribution in [2.45, 2.75) is 64.8 Å². The first-order valence-corrected chi connectivity index (χ1v) is 14.0. The molecule has 0 bridgehead atoms. The summed E-state index contributed by atoms with van der Waals surface area (Å²) in [6.07, 6.45) is 4.17. The number of morpholine rings is 1. The first-order chi connectivity index (χ1) is 19.2. The molecule has 2 atom stereocenters. The van der Waals surface area contributed by atoms with E-state index < -0.39 is 0 Å². The van der Waals surface area contributed by atoms with Gasteiger partial charge in [-0.25, -0.2) is 9.97 Å². The van der Waals surface area contributed by atoms with E-state index in [9.17, 15) is 4.79 Å². The zero-order chi connectivity index (χ0) is 27.9. The number of hydrogen-bond acceptors (Lipinski definition) is 7. The number of fused-ring (bicyclic) bond motifs is 2. The Morgan fingerprint density at radius 2 is 1.82 bits per heavy atom. The standard InChI is InChI=1S/C32H35N5O3/c1-20-18-37(19-21(2)39-20)30-7-5-6-26(36-30)27-11-9-23-17-33-25(14-28(23)35-27)16-31(38)34-24-10-8-22-12-13-32(3,4)40-29(22)15-24/h5-11,14-15,17,20-21H,12-13,16,18-19H2,1-4H3,(H,34,38)/t20-,21+. The van der Waals surface area contributed by atoms with E-state index in [1.54, 1.807) is 6.20 Å². The molecule has 6 rings (SSSR count). The van der Waals surface area contributed by atoms with Crippen LogP contribution in [0.1, 0.15) is 45.4 Å². The molecule has 3 aromatic heterocycles. The second-order valence-corrected chi connectivity index (χ2v) is 11.5. The zero-order valence-corrected chi connectivity index (χ0v) is 23.5. The number of aryl methyl sites for hydroxylation is 1. The van der Waals surface area contributed by atoms with Crippen LogP contribution in [0.25, 0.3) is 22.3 Å². The van der Waals surface area contributed by atoms with Crippen molar-refractivity contribution in [2.75, 3.05) is 23.3 Å². The van der Waals surface area contributed by atoms with Crippen LogP contribution in [0.3, 0.4) is 0 Å². The Morgan fingerprint density at radius 3 is 2.65 bits per heavy atom. The van der Waals surface area contributed by atoms with Gasteiger partial charge in [0.15, 0.2) is 0 Å². The van der Waals surface area contributed by atoms with Crippen LogP contribution < -0.4 is 15.0 Å². The lowest BCUT2D eigenvalue weighted by Crippen LogP contribution is -2.45. The van der Waals surface area contributed by atoms with Gasteiger partial charge < -0.3 is 19.7 Å². The second kappa shape index (κ2) is 10.5. The van der Waals surface area contributed by atoms with Gasteiger partial charge in [0, 0.05) is 36.4 Å². The van der Waals surface area contributed by atoms with Gasteiger partial charge in [-0.3, -0.25) is 9.78 Å². The molecule has 0 radical (unpaired) electrons. The Bertz CT molecular complexity index is 1560. The molecule has 2 aliphatic rings. The van der Waals surface area contributed by atoms with Crippen molar-refractivity contribution in [3.63, 3.8) is 0 Å². The third-order valence-corrected chi connectivity index (χ3v) is 7.45. The average Bonchev–Trinajstić information content (AvgIpc) is 2.91. The minimum atomic E-state index is -0.201. The molecule has 1 saturated heterocycles. The van der Waals surface area contributed by atoms with Crippen molar-refractivity contribution in [3.8, 4) is 17.1 Å². The monoisotopic (exact) mass is 537 g/mol. The fourth-order valence-corrected chi connectivity index (χ4v) is 5.49. The molecule has 1 N–H and O–H groups in total. The Kier molecular flexibility index (Phi) is 6.88. The second-order valence-electron chi connectivity index (χ2n) is 11.5. The Hall–Kier alpha value is -4.04. The maximum atomic E-state index is 12.9. The van der Waals surface area contributed by atoms with Gasteiger partial charge in [-0.2, -0.15) is 0 Å². The normalized spacial score (nSPS) is 20.1. The van der Waals surface area contributed by atoms with E-state index in [0.717, 1.165) is 65.5 Å². The number of benzene rings is 1. The largest absolute Gasteiger partial charge is 0.487 e. The number of ether oxygens (including phenoxy) is 2. The lowest BCUT2D eigenvalue weighted by molar-refractivity contribution is -0.115. The summed E-state index contributed by atoms with van der Waals surface area (Å²) in [6.45, 7) is 9.96. The molecule has 2 aliphatic heterocycles. The van der Waals surface area contributed by atoms with E-state index in [2.05, 4.69) is 42.9 Å². The van der Waals surface area contributed by atoms with E-state index >= 15 is 0 Å². The molecule has 40 heavy (non-hydrogen) atoms. The summed E-state index contributed by atoms with van der Waals surface area (Å²) in [5, 5.41) is 3.91. The fraction of sp³-hybridized carbons (Fsp3) is 0.375. The van der Waals surface area contributed by atoms with Crippen molar-refractivity contribution in [1.29, 1.82) is 0 Å². The van der Waals surface area contributed by atoms with E-state index in [4.69, 9.17) is 19.4 Å². The molecule has 0 saturated carbocycles. The fourth-order valence-electron chi connectivity index (χ4n) is 5.49. The molecule has 8 heteroatoms. The summed E-state index contributed by atoms with van der Waals surface area (Å²) in [5.74, 6) is 1.62. The number of anilines is 2. The van der Waals surface area contributed by atoms with Crippen LogP contribution in [0.15, 0.2) is 60.8 Å². The number of nitrogens with one attached hydrogen (secondary N) is 1. The molecule has 206 valence electrons. The molecule has 0 aliphatic carbocycles. The first-order valence-electron chi connectivity index (χ1n) is 14.0. The molecule has 5 heterocycles. The Labute approximate surface area is 234 Å². The number of nitrogens with zero attached hydrogens (tertiary/aromatic N) is 4. The van der Waals surface area contributed by atoms with Gasteiger partial charge in [0.2, 0.25) is 5.91 Å². The van der Waals surface area contributed by atoms with Crippen LogP contribution in [0, 0.1) is 0 Å². The zero-order valence-electron chi connectivity index (χ0n) is 23.5. The highest BCUT2D eigenvalue weighted by Crippen LogP contribution is 2.35. The number of pyridine rings is 3. The van der Waals surface area contributed by atoms with Gasteiger partial charge in [0.05, 0.1) is 41.2 Å². The third-order valence-electron chi connectivity index (χ3n) is 7.45. The predicted molar refractivity (Wildman–Crippen MR) is 157 cm³/mol. The molecular formula is C32H35N5O3. The summed E-state index contributed by atoms with van der Waals surface area (Å²) in [4.78, 5) is 29.5. The highest BCUT2D eigenvalue weighted by Gasteiger charge is 2.27. The van der Waals surface area contributed by atoms with E-state index in [1.807, 2.05) is 54.6 Å². The van der Waals surface area contributed by atoms with Gasteiger partial charge >= 0.3 is 0 Å². The minimum absolute atomic E-state index is 0.138. The number of aromatic nitrogens is 3. The van der Waals surface area contributed by atoms with Crippen LogP contribution in [-0.4, -0.2) is 51.8 Å². The van der Waals surface area contributed by atoms with E-state index in [-0.39, 0.29) is 30.1 Å². The van der Waals surface area contributed by atoms with Crippen molar-refractivity contribution >= 4 is 28.3 Å². The number of carbonyl (C=O) groups is 1. The quantitative estimate of drug-likeness (QED) is 0.355. The predicted octanol–water partition coefficient (Wildman–Crippen LogP) is 5.59. The summed E-state index contributed by atoms with van der Waals surface area (Å²) in [5.41, 5.74) is 4.71. The first kappa shape index (κ1) is 26.2. The topological polar surface area (TPSA) is 89.5 Å². The van der Waals surface area contributed by atoms with Gasteiger partial charge in [-0.05, 0) is 82.5 Å². The van der Waals surface area contributed by atoms with Gasteiger partial charge in [0.1, 0.15) is 17.2 Å². The van der Waals surface area contributed by atoms with Crippen molar-refractivity contribution in [1.82, 2.24) is 15.0 Å². The highest BCUT2D eigenvalue weighted by molar-refractivity contribution is 5.93. The molecule has 8 nitrogen and oxygen atoms in total. The maximum Gasteiger partial charge on any atom is 0.230 e. The molecule has 0 unspecified atom stereocenters. The third kappa shape index (κ3) is 5.77. The average molecular weight is 538 g/mol. The lowest BCUT2D eigenvalue weighted by atomic mass is 9.94. The number of rotatable bonds is 5. The van der Waals surface area contributed by atoms with Crippen molar-refractivity contribution in [2.24, 2.45) is 0 Å². The van der Waals surface area contributed by atoms with Crippen LogP contribution >= 0.6 is 0 Å². The summed E-state index contributed by atoms with van der Waals surface area (Å²) in [7, 11) is 0. The Morgan fingerprint density at radius 1 is 1.02 bits per heavy atom. The molecule has 1 amide bonds. The van der Waals surface area contributed by atoms with Gasteiger partial charge in [0.25, 0.3) is 0 Å². The highest BCUT2D eigenvalue weighted by atomic mass is 16.5. The van der Waals surface area contributed by atoms with Gasteiger partial charge in [-0.1, -0.05) is 12.1 Å². The van der Waals surface area contributed by atoms with Gasteiger partial charge in [-0.15, -0.1) is 0 Å². The smallest absolute Gasteiger partial charge is 0.230 e. The van der Waals surface area contributed by atoms with Crippen LogP contribution in [0.4, 0.5) is 11.5 Å². The summed E-state index contributed by atoms with van der Waals surface area (Å²) in [6, 6.07) is 17.7. The number of carbonyl (C=O) groups excluding carboxylic acids is 1. The maximum absolute atomic E-state index is 12.9. The van der Waals surface area contributed by atoms with Crippen molar-refractivity contribution < 1.29 is 14.3 Å². The molecule has 1 aromatic carbocycles. The molecule has 0 spiro atoms. The summed E-state index contributed by atoms with van der Waals surface area (Å²) >= 11 is 0. The van der Waals surface area contributed by atoms with Crippen LogP contribution in [-0.2, 0) is 22.4 Å². The molecule has 4 aromatic rings. The summed E-state index contributed by atoms with van der Waals surface area (Å²) < 4.78 is 12.0. The van der Waals surface area contributed by atoms with E-state index in [0.29, 0.717) is 5.69 Å².